The molecule has 0 bridgehead atoms. The molecule has 0 aliphatic rings. The zero-order valence-electron chi connectivity index (χ0n) is 20.0. The Kier molecular flexibility index (Phi) is 16.6. The Morgan fingerprint density at radius 2 is 1.39 bits per heavy atom. The third kappa shape index (κ3) is 16.5. The zero-order valence-corrected chi connectivity index (χ0v) is 21.6. The fourth-order valence-electron chi connectivity index (χ4n) is 2.69. The summed E-state index contributed by atoms with van der Waals surface area (Å²) in [6.45, 7) is 4.40. The molecule has 0 saturated heterocycles. The largest absolute Gasteiger partial charge is 0.465 e. The number of ether oxygens (including phenoxy) is 3. The van der Waals surface area contributed by atoms with Gasteiger partial charge in [0.2, 0.25) is 0 Å². The molecule has 0 amide bonds. The van der Waals surface area contributed by atoms with Crippen LogP contribution in [-0.2, 0) is 35.1 Å². The summed E-state index contributed by atoms with van der Waals surface area (Å²) in [5.74, 6) is 1.60. The molecule has 1 rings (SSSR count). The number of aromatic nitrogens is 2. The molecule has 0 fully saturated rings. The third-order valence-corrected chi connectivity index (χ3v) is 6.79. The maximum atomic E-state index is 11.7. The van der Waals surface area contributed by atoms with E-state index < -0.39 is 0 Å². The van der Waals surface area contributed by atoms with E-state index in [1.54, 1.807) is 27.8 Å². The van der Waals surface area contributed by atoms with Crippen LogP contribution in [0.5, 0.6) is 0 Å². The van der Waals surface area contributed by atoms with Crippen molar-refractivity contribution in [2.24, 2.45) is 0 Å². The minimum absolute atomic E-state index is 0.158. The van der Waals surface area contributed by atoms with Crippen molar-refractivity contribution < 1.29 is 28.6 Å². The van der Waals surface area contributed by atoms with Gasteiger partial charge >= 0.3 is 17.9 Å². The molecular formula is C22H37N3O6S2. The summed E-state index contributed by atoms with van der Waals surface area (Å²) in [6.07, 6.45) is 6.58. The molecule has 0 spiro atoms. The van der Waals surface area contributed by atoms with E-state index in [0.717, 1.165) is 18.8 Å². The lowest BCUT2D eigenvalue weighted by Gasteiger charge is -2.09. The molecule has 0 aliphatic heterocycles. The van der Waals surface area contributed by atoms with Crippen molar-refractivity contribution in [3.63, 3.8) is 0 Å². The van der Waals surface area contributed by atoms with Crippen molar-refractivity contribution in [3.05, 3.63) is 18.2 Å². The molecule has 0 atom stereocenters. The van der Waals surface area contributed by atoms with Gasteiger partial charge in [-0.15, -0.1) is 0 Å². The van der Waals surface area contributed by atoms with E-state index in [9.17, 15) is 14.4 Å². The van der Waals surface area contributed by atoms with Gasteiger partial charge in [0.15, 0.2) is 0 Å². The standard InChI is InChI=1S/C22H37N3O6S2/c1-19-23-10-12-25(19)13-14-29-20(26)7-4-5-8-21(27)30-15-17-32-33-18-16-31-22(28)9-6-11-24(2)3/h10,12H,4-9,11,13-18H2,1-3H3. The molecule has 0 unspecified atom stereocenters. The molecule has 0 aliphatic carbocycles. The molecule has 9 nitrogen and oxygen atoms in total. The quantitative estimate of drug-likeness (QED) is 0.121. The Labute approximate surface area is 204 Å². The summed E-state index contributed by atoms with van der Waals surface area (Å²) >= 11 is 0. The van der Waals surface area contributed by atoms with Crippen LogP contribution in [0.15, 0.2) is 12.4 Å². The molecule has 1 heterocycles. The Bertz CT molecular complexity index is 699. The second-order valence-corrected chi connectivity index (χ2v) is 10.3. The van der Waals surface area contributed by atoms with Crippen LogP contribution in [0.1, 0.15) is 44.3 Å². The molecule has 1 aromatic heterocycles. The number of hydrogen-bond donors (Lipinski definition) is 0. The lowest BCUT2D eigenvalue weighted by Crippen LogP contribution is -2.15. The van der Waals surface area contributed by atoms with Crippen LogP contribution in [0, 0.1) is 6.92 Å². The van der Waals surface area contributed by atoms with Crippen LogP contribution in [0.25, 0.3) is 0 Å². The van der Waals surface area contributed by atoms with Crippen molar-refractivity contribution in [1.82, 2.24) is 14.5 Å². The van der Waals surface area contributed by atoms with Gasteiger partial charge in [0.25, 0.3) is 0 Å². The summed E-state index contributed by atoms with van der Waals surface area (Å²) in [5, 5.41) is 0. The zero-order chi connectivity index (χ0) is 24.3. The first-order valence-corrected chi connectivity index (χ1v) is 13.7. The van der Waals surface area contributed by atoms with Crippen LogP contribution in [0.2, 0.25) is 0 Å². The van der Waals surface area contributed by atoms with Crippen molar-refractivity contribution >= 4 is 39.5 Å². The summed E-state index contributed by atoms with van der Waals surface area (Å²) in [5.41, 5.74) is 0. The number of hydrogen-bond acceptors (Lipinski definition) is 10. The van der Waals surface area contributed by atoms with Gasteiger partial charge < -0.3 is 23.7 Å². The molecule has 0 aromatic carbocycles. The van der Waals surface area contributed by atoms with Crippen LogP contribution < -0.4 is 0 Å². The van der Waals surface area contributed by atoms with Crippen LogP contribution in [-0.4, -0.2) is 84.3 Å². The monoisotopic (exact) mass is 503 g/mol. The van der Waals surface area contributed by atoms with Crippen molar-refractivity contribution in [3.8, 4) is 0 Å². The molecule has 0 saturated carbocycles. The molecule has 188 valence electrons. The normalized spacial score (nSPS) is 10.9. The number of esters is 3. The highest BCUT2D eigenvalue weighted by Gasteiger charge is 2.07. The molecule has 1 aromatic rings. The SMILES string of the molecule is Cc1nccn1CCOC(=O)CCCCC(=O)OCCSSCCOC(=O)CCCN(C)C. The van der Waals surface area contributed by atoms with Crippen LogP contribution >= 0.6 is 21.6 Å². The van der Waals surface area contributed by atoms with Gasteiger partial charge in [-0.3, -0.25) is 14.4 Å². The minimum atomic E-state index is -0.256. The number of nitrogens with zero attached hydrogens (tertiary/aromatic N) is 3. The van der Waals surface area contributed by atoms with E-state index in [0.29, 0.717) is 70.0 Å². The van der Waals surface area contributed by atoms with Crippen molar-refractivity contribution in [1.29, 1.82) is 0 Å². The topological polar surface area (TPSA) is 100.0 Å². The lowest BCUT2D eigenvalue weighted by molar-refractivity contribution is -0.145. The maximum absolute atomic E-state index is 11.7. The molecule has 0 N–H and O–H groups in total. The third-order valence-electron chi connectivity index (χ3n) is 4.46. The fraction of sp³-hybridized carbons (Fsp3) is 0.727. The number of rotatable bonds is 19. The van der Waals surface area contributed by atoms with Crippen LogP contribution in [0.3, 0.4) is 0 Å². The average molecular weight is 504 g/mol. The number of unbranched alkanes of at least 4 members (excludes halogenated alkanes) is 1. The van der Waals surface area contributed by atoms with Gasteiger partial charge in [-0.05, 0) is 46.8 Å². The van der Waals surface area contributed by atoms with E-state index in [2.05, 4.69) is 4.98 Å². The van der Waals surface area contributed by atoms with E-state index in [1.165, 1.54) is 0 Å². The Morgan fingerprint density at radius 1 is 0.879 bits per heavy atom. The fourth-order valence-corrected chi connectivity index (χ4v) is 4.34. The second-order valence-electron chi connectivity index (χ2n) is 7.59. The molecule has 0 radical (unpaired) electrons. The van der Waals surface area contributed by atoms with Gasteiger partial charge in [0, 0.05) is 43.2 Å². The van der Waals surface area contributed by atoms with Gasteiger partial charge in [0.1, 0.15) is 25.6 Å². The smallest absolute Gasteiger partial charge is 0.305 e. The van der Waals surface area contributed by atoms with E-state index >= 15 is 0 Å². The first-order valence-electron chi connectivity index (χ1n) is 11.2. The predicted octanol–water partition coefficient (Wildman–Crippen LogP) is 3.10. The summed E-state index contributed by atoms with van der Waals surface area (Å²) < 4.78 is 17.5. The highest BCUT2D eigenvalue weighted by atomic mass is 33.1. The molecular weight excluding hydrogens is 466 g/mol. The average Bonchev–Trinajstić information content (AvgIpc) is 3.17. The summed E-state index contributed by atoms with van der Waals surface area (Å²) in [4.78, 5) is 41.2. The first kappa shape index (κ1) is 29.3. The number of carbonyl (C=O) groups is 3. The second kappa shape index (κ2) is 18.7. The van der Waals surface area contributed by atoms with E-state index in [-0.39, 0.29) is 17.9 Å². The highest BCUT2D eigenvalue weighted by molar-refractivity contribution is 8.76. The first-order chi connectivity index (χ1) is 15.9. The van der Waals surface area contributed by atoms with Gasteiger partial charge in [0.05, 0.1) is 6.54 Å². The van der Waals surface area contributed by atoms with Crippen molar-refractivity contribution in [2.45, 2.75) is 52.0 Å². The van der Waals surface area contributed by atoms with E-state index in [1.807, 2.05) is 36.7 Å². The summed E-state index contributed by atoms with van der Waals surface area (Å²) in [6, 6.07) is 0. The minimum Gasteiger partial charge on any atom is -0.465 e. The molecule has 11 heteroatoms. The van der Waals surface area contributed by atoms with Crippen LogP contribution in [0.4, 0.5) is 0 Å². The summed E-state index contributed by atoms with van der Waals surface area (Å²) in [7, 11) is 7.12. The van der Waals surface area contributed by atoms with Gasteiger partial charge in [-0.25, -0.2) is 4.98 Å². The Balaban J connectivity index is 1.86. The number of carbonyl (C=O) groups excluding carboxylic acids is 3. The van der Waals surface area contributed by atoms with Crippen molar-refractivity contribution in [2.75, 3.05) is 52.0 Å². The Morgan fingerprint density at radius 3 is 1.88 bits per heavy atom. The highest BCUT2D eigenvalue weighted by Crippen LogP contribution is 2.20. The van der Waals surface area contributed by atoms with Gasteiger partial charge in [-0.1, -0.05) is 21.6 Å². The number of imidazole rings is 1. The van der Waals surface area contributed by atoms with Gasteiger partial charge in [-0.2, -0.15) is 0 Å². The Hall–Kier alpha value is -1.72. The van der Waals surface area contributed by atoms with E-state index in [4.69, 9.17) is 14.2 Å². The predicted molar refractivity (Wildman–Crippen MR) is 131 cm³/mol. The lowest BCUT2D eigenvalue weighted by atomic mass is 10.2. The number of aryl methyl sites for hydroxylation is 1. The maximum Gasteiger partial charge on any atom is 0.305 e. The molecule has 33 heavy (non-hydrogen) atoms.